The molecule has 200 valence electrons. The van der Waals surface area contributed by atoms with Crippen LogP contribution in [0.5, 0.6) is 0 Å². The topological polar surface area (TPSA) is 106 Å². The molecule has 0 aliphatic carbocycles. The van der Waals surface area contributed by atoms with Crippen LogP contribution in [0.15, 0.2) is 58.9 Å². The molecule has 1 unspecified atom stereocenters. The molecule has 3 aromatic rings. The van der Waals surface area contributed by atoms with Crippen LogP contribution in [-0.2, 0) is 26.0 Å². The molecule has 0 saturated heterocycles. The number of sulfonamides is 1. The number of fused-ring (bicyclic) bond motifs is 1. The van der Waals surface area contributed by atoms with Gasteiger partial charge in [-0.15, -0.1) is 11.3 Å². The fraction of sp³-hybridized carbons (Fsp3) is 0.444. The maximum atomic E-state index is 13.8. The molecule has 0 aliphatic heterocycles. The fourth-order valence-electron chi connectivity index (χ4n) is 3.96. The third-order valence-electron chi connectivity index (χ3n) is 6.34. The number of rotatable bonds is 13. The molecule has 0 radical (unpaired) electrons. The summed E-state index contributed by atoms with van der Waals surface area (Å²) in [5.41, 5.74) is 3.46. The number of benzene rings is 2. The van der Waals surface area contributed by atoms with Crippen LogP contribution in [0.4, 0.5) is 4.79 Å². The van der Waals surface area contributed by atoms with E-state index in [1.807, 2.05) is 51.1 Å². The van der Waals surface area contributed by atoms with E-state index >= 15 is 0 Å². The zero-order valence-corrected chi connectivity index (χ0v) is 23.3. The number of nitrogens with one attached hydrogen (secondary N) is 1. The maximum absolute atomic E-state index is 13.8. The van der Waals surface area contributed by atoms with Crippen molar-refractivity contribution in [1.82, 2.24) is 14.6 Å². The first kappa shape index (κ1) is 28.7. The van der Waals surface area contributed by atoms with Crippen molar-refractivity contribution in [3.8, 4) is 0 Å². The summed E-state index contributed by atoms with van der Waals surface area (Å²) < 4.78 is 35.0. The summed E-state index contributed by atoms with van der Waals surface area (Å²) in [5.74, 6) is -0.363. The van der Waals surface area contributed by atoms with Gasteiger partial charge < -0.3 is 10.1 Å². The van der Waals surface area contributed by atoms with Crippen LogP contribution >= 0.6 is 11.3 Å². The van der Waals surface area contributed by atoms with Gasteiger partial charge in [-0.3, -0.25) is 4.79 Å². The first-order valence-electron chi connectivity index (χ1n) is 12.4. The van der Waals surface area contributed by atoms with E-state index in [0.29, 0.717) is 13.0 Å². The van der Waals surface area contributed by atoms with Crippen LogP contribution in [0.2, 0.25) is 0 Å². The highest BCUT2D eigenvalue weighted by molar-refractivity contribution is 7.89. The molecule has 3 atom stereocenters. The number of nitrogens with zero attached hydrogens (tertiary/aromatic N) is 2. The predicted octanol–water partition coefficient (Wildman–Crippen LogP) is 4.90. The molecular formula is C27H35N3O5S2. The number of thiazole rings is 1. The van der Waals surface area contributed by atoms with Gasteiger partial charge in [0.25, 0.3) is 0 Å². The van der Waals surface area contributed by atoms with Crippen LogP contribution in [-0.4, -0.2) is 55.3 Å². The molecule has 0 aliphatic rings. The molecule has 8 nitrogen and oxygen atoms in total. The van der Waals surface area contributed by atoms with Crippen molar-refractivity contribution in [3.63, 3.8) is 0 Å². The highest BCUT2D eigenvalue weighted by atomic mass is 32.2. The van der Waals surface area contributed by atoms with Gasteiger partial charge in [-0.25, -0.2) is 18.2 Å². The van der Waals surface area contributed by atoms with Gasteiger partial charge in [0.2, 0.25) is 10.0 Å². The monoisotopic (exact) mass is 545 g/mol. The molecular weight excluding hydrogens is 510 g/mol. The summed E-state index contributed by atoms with van der Waals surface area (Å²) in [7, 11) is -3.80. The Morgan fingerprint density at radius 3 is 2.51 bits per heavy atom. The lowest BCUT2D eigenvalue weighted by Gasteiger charge is -2.31. The number of amides is 1. The third-order valence-corrected chi connectivity index (χ3v) is 8.96. The quantitative estimate of drug-likeness (QED) is 0.328. The Morgan fingerprint density at radius 1 is 1.11 bits per heavy atom. The maximum Gasteiger partial charge on any atom is 0.407 e. The summed E-state index contributed by atoms with van der Waals surface area (Å²) in [6.45, 7) is 7.58. The molecule has 0 saturated carbocycles. The van der Waals surface area contributed by atoms with Crippen LogP contribution in [0.1, 0.15) is 39.7 Å². The predicted molar refractivity (Wildman–Crippen MR) is 146 cm³/mol. The highest BCUT2D eigenvalue weighted by Gasteiger charge is 2.31. The lowest BCUT2D eigenvalue weighted by molar-refractivity contribution is -0.119. The Balaban J connectivity index is 1.87. The number of ether oxygens (including phenoxy) is 1. The number of carbonyl (C=O) groups is 2. The second-order valence-electron chi connectivity index (χ2n) is 9.51. The van der Waals surface area contributed by atoms with E-state index in [9.17, 15) is 18.0 Å². The Hall–Kier alpha value is -2.82. The van der Waals surface area contributed by atoms with E-state index in [1.165, 1.54) is 22.6 Å². The van der Waals surface area contributed by atoms with Crippen molar-refractivity contribution >= 4 is 43.5 Å². The summed E-state index contributed by atoms with van der Waals surface area (Å²) in [4.78, 5) is 28.2. The Labute approximate surface area is 223 Å². The third kappa shape index (κ3) is 8.08. The number of alkyl carbamates (subject to hydrolysis) is 1. The van der Waals surface area contributed by atoms with Crippen molar-refractivity contribution in [2.24, 2.45) is 11.8 Å². The summed E-state index contributed by atoms with van der Waals surface area (Å²) >= 11 is 1.40. The van der Waals surface area contributed by atoms with Crippen LogP contribution in [0.3, 0.4) is 0 Å². The molecule has 1 N–H and O–H groups in total. The number of hydrogen-bond donors (Lipinski definition) is 1. The van der Waals surface area contributed by atoms with Gasteiger partial charge in [0.1, 0.15) is 0 Å². The molecule has 37 heavy (non-hydrogen) atoms. The Kier molecular flexibility index (Phi) is 10.2. The van der Waals surface area contributed by atoms with Crippen molar-refractivity contribution < 1.29 is 22.7 Å². The van der Waals surface area contributed by atoms with E-state index in [1.54, 1.807) is 23.7 Å². The van der Waals surface area contributed by atoms with Gasteiger partial charge in [0, 0.05) is 19.1 Å². The zero-order chi connectivity index (χ0) is 27.0. The molecule has 1 amide bonds. The van der Waals surface area contributed by atoms with Crippen molar-refractivity contribution in [2.75, 3.05) is 19.7 Å². The summed E-state index contributed by atoms with van der Waals surface area (Å²) in [5, 5.41) is 2.86. The minimum atomic E-state index is -3.80. The molecule has 2 aromatic carbocycles. The SMILES string of the molecule is CC[C@@H](C)CN(C[C@@H](C)C(Cc1ccccc1)NC(=O)OCC(C)=O)S(=O)(=O)c1ccc2ncsc2c1. The van der Waals surface area contributed by atoms with Crippen LogP contribution in [0, 0.1) is 11.8 Å². The normalized spacial score (nSPS) is 14.3. The van der Waals surface area contributed by atoms with E-state index in [2.05, 4.69) is 10.3 Å². The summed E-state index contributed by atoms with van der Waals surface area (Å²) in [6, 6.07) is 14.3. The number of ketones is 1. The van der Waals surface area contributed by atoms with Crippen molar-refractivity contribution in [3.05, 3.63) is 59.6 Å². The zero-order valence-electron chi connectivity index (χ0n) is 21.7. The van der Waals surface area contributed by atoms with Crippen molar-refractivity contribution in [2.45, 2.75) is 51.5 Å². The number of aromatic nitrogens is 1. The molecule has 0 spiro atoms. The minimum absolute atomic E-state index is 0.148. The molecule has 10 heteroatoms. The largest absolute Gasteiger partial charge is 0.442 e. The first-order valence-corrected chi connectivity index (χ1v) is 14.7. The second-order valence-corrected chi connectivity index (χ2v) is 12.3. The van der Waals surface area contributed by atoms with Gasteiger partial charge in [-0.1, -0.05) is 57.5 Å². The molecule has 0 bridgehead atoms. The molecule has 3 rings (SSSR count). The molecule has 1 aromatic heterocycles. The number of carbonyl (C=O) groups excluding carboxylic acids is 2. The second kappa shape index (κ2) is 13.1. The van der Waals surface area contributed by atoms with Gasteiger partial charge in [0.05, 0.1) is 20.6 Å². The van der Waals surface area contributed by atoms with E-state index < -0.39 is 22.2 Å². The smallest absolute Gasteiger partial charge is 0.407 e. The Bertz CT molecular complexity index is 1290. The Morgan fingerprint density at radius 2 is 1.84 bits per heavy atom. The van der Waals surface area contributed by atoms with Crippen molar-refractivity contribution in [1.29, 1.82) is 0 Å². The van der Waals surface area contributed by atoms with Gasteiger partial charge in [-0.05, 0) is 48.9 Å². The van der Waals surface area contributed by atoms with Crippen LogP contribution in [0.25, 0.3) is 10.2 Å². The molecule has 1 heterocycles. The lowest BCUT2D eigenvalue weighted by Crippen LogP contribution is -2.47. The van der Waals surface area contributed by atoms with Gasteiger partial charge >= 0.3 is 6.09 Å². The number of Topliss-reactive ketones (excluding diaryl/α,β-unsaturated/α-hetero) is 1. The standard InChI is InChI=1S/C27H35N3O5S2/c1-5-19(2)15-30(37(33,34)23-11-12-24-26(14-23)36-18-28-24)16-20(3)25(13-22-9-7-6-8-10-22)29-27(32)35-17-21(4)31/h6-12,14,18-20,25H,5,13,15-17H2,1-4H3,(H,29,32)/t19-,20-,25?/m1/s1. The summed E-state index contributed by atoms with van der Waals surface area (Å²) in [6.07, 6.45) is 0.619. The van der Waals surface area contributed by atoms with Gasteiger partial charge in [0.15, 0.2) is 12.4 Å². The van der Waals surface area contributed by atoms with Gasteiger partial charge in [-0.2, -0.15) is 4.31 Å². The fourth-order valence-corrected chi connectivity index (χ4v) is 6.44. The van der Waals surface area contributed by atoms with E-state index in [0.717, 1.165) is 22.2 Å². The van der Waals surface area contributed by atoms with E-state index in [-0.39, 0.29) is 35.7 Å². The highest BCUT2D eigenvalue weighted by Crippen LogP contribution is 2.26. The number of hydrogen-bond acceptors (Lipinski definition) is 7. The first-order chi connectivity index (χ1) is 17.6. The van der Waals surface area contributed by atoms with E-state index in [4.69, 9.17) is 4.74 Å². The lowest BCUT2D eigenvalue weighted by atomic mass is 9.94. The molecule has 0 fully saturated rings. The van der Waals surface area contributed by atoms with Crippen LogP contribution < -0.4 is 5.32 Å². The minimum Gasteiger partial charge on any atom is -0.442 e. The average molecular weight is 546 g/mol. The average Bonchev–Trinajstić information content (AvgIpc) is 3.35.